The number of benzene rings is 7. The molecule has 7 aromatic carbocycles. The highest BCUT2D eigenvalue weighted by Gasteiger charge is 2.23. The van der Waals surface area contributed by atoms with Gasteiger partial charge in [0.15, 0.2) is 11.6 Å². The van der Waals surface area contributed by atoms with Crippen LogP contribution in [0.5, 0.6) is 0 Å². The van der Waals surface area contributed by atoms with E-state index in [4.69, 9.17) is 26.2 Å². The zero-order valence-corrected chi connectivity index (χ0v) is 26.8. The largest absolute Gasteiger partial charge is 0.456 e. The number of hydrogen-bond donors (Lipinski definition) is 0. The first kappa shape index (κ1) is 23.3. The van der Waals surface area contributed by atoms with Crippen molar-refractivity contribution in [2.75, 3.05) is 0 Å². The first-order valence-corrected chi connectivity index (χ1v) is 16.6. The second kappa shape index (κ2) is 10.7. The van der Waals surface area contributed by atoms with Crippen LogP contribution in [0, 0.1) is 0 Å². The first-order valence-electron chi connectivity index (χ1n) is 19.1. The Kier molecular flexibility index (Phi) is 4.91. The molecule has 238 valence electrons. The molecule has 51 heavy (non-hydrogen) atoms. The van der Waals surface area contributed by atoms with Gasteiger partial charge in [-0.05, 0) is 42.5 Å². The maximum absolute atomic E-state index is 8.92. The van der Waals surface area contributed by atoms with Crippen molar-refractivity contribution in [3.05, 3.63) is 164 Å². The Morgan fingerprint density at radius 1 is 0.471 bits per heavy atom. The van der Waals surface area contributed by atoms with Gasteiger partial charge in [-0.2, -0.15) is 9.97 Å². The Bertz CT molecular complexity index is 3410. The van der Waals surface area contributed by atoms with E-state index in [0.717, 1.165) is 60.1 Å². The highest BCUT2D eigenvalue weighted by Crippen LogP contribution is 2.42. The molecule has 0 saturated heterocycles. The number of furan rings is 1. The van der Waals surface area contributed by atoms with E-state index in [9.17, 15) is 0 Å². The molecule has 0 aliphatic heterocycles. The van der Waals surface area contributed by atoms with Crippen molar-refractivity contribution >= 4 is 65.6 Å². The lowest BCUT2D eigenvalue weighted by molar-refractivity contribution is 0.669. The third kappa shape index (κ3) is 4.07. The smallest absolute Gasteiger partial charge is 0.238 e. The van der Waals surface area contributed by atoms with Crippen molar-refractivity contribution in [1.29, 1.82) is 0 Å². The fraction of sp³-hybridized carbons (Fsp3) is 0. The Hall–Kier alpha value is -7.05. The lowest BCUT2D eigenvalue weighted by atomic mass is 10.1. The molecule has 0 aliphatic carbocycles. The molecule has 0 fully saturated rings. The Morgan fingerprint density at radius 2 is 1.16 bits per heavy atom. The van der Waals surface area contributed by atoms with E-state index in [1.165, 1.54) is 0 Å². The van der Waals surface area contributed by atoms with Crippen molar-refractivity contribution in [1.82, 2.24) is 24.1 Å². The lowest BCUT2D eigenvalue weighted by Crippen LogP contribution is -2.06. The maximum atomic E-state index is 8.92. The van der Waals surface area contributed by atoms with Crippen molar-refractivity contribution in [2.24, 2.45) is 0 Å². The van der Waals surface area contributed by atoms with Crippen LogP contribution in [-0.2, 0) is 0 Å². The van der Waals surface area contributed by atoms with E-state index in [0.29, 0.717) is 16.7 Å². The summed E-state index contributed by atoms with van der Waals surface area (Å²) in [4.78, 5) is 15.1. The molecule has 0 atom stereocenters. The van der Waals surface area contributed by atoms with Gasteiger partial charge in [-0.25, -0.2) is 4.98 Å². The fourth-order valence-corrected chi connectivity index (χ4v) is 7.59. The van der Waals surface area contributed by atoms with Crippen molar-refractivity contribution < 1.29 is 11.3 Å². The minimum atomic E-state index is -0.492. The molecule has 0 N–H and O–H groups in total. The number of nitrogens with zero attached hydrogens (tertiary/aromatic N) is 5. The lowest BCUT2D eigenvalue weighted by Gasteiger charge is -2.12. The van der Waals surface area contributed by atoms with Crippen LogP contribution in [0.25, 0.3) is 100.0 Å². The summed E-state index contributed by atoms with van der Waals surface area (Å²) in [6.07, 6.45) is 0. The van der Waals surface area contributed by atoms with Crippen LogP contribution in [0.2, 0.25) is 0 Å². The summed E-state index contributed by atoms with van der Waals surface area (Å²) in [6, 6.07) is 42.2. The normalized spacial score (nSPS) is 13.3. The van der Waals surface area contributed by atoms with E-state index in [2.05, 4.69) is 59.2 Å². The SMILES string of the molecule is [2H]c1c([2H])c([2H])c(-c2nc(-c3cccc4oc5ccccc5c34)nc(-n3c4ccccc4c4c3ccc3c5ccccc5n(-c5ccccc5)c34)n2)c([2H])c1[2H]. The van der Waals surface area contributed by atoms with Crippen molar-refractivity contribution in [3.8, 4) is 34.4 Å². The van der Waals surface area contributed by atoms with Crippen LogP contribution >= 0.6 is 0 Å². The Labute approximate surface area is 298 Å². The topological polar surface area (TPSA) is 61.7 Å². The van der Waals surface area contributed by atoms with Gasteiger partial charge in [0.05, 0.1) is 28.9 Å². The summed E-state index contributed by atoms with van der Waals surface area (Å²) in [5.74, 6) is 0.450. The Balaban J connectivity index is 1.29. The van der Waals surface area contributed by atoms with Gasteiger partial charge in [0.1, 0.15) is 11.2 Å². The van der Waals surface area contributed by atoms with Gasteiger partial charge in [-0.1, -0.05) is 121 Å². The average Bonchev–Trinajstić information content (AvgIpc) is 3.90. The maximum Gasteiger partial charge on any atom is 0.238 e. The molecule has 0 aliphatic rings. The van der Waals surface area contributed by atoms with Gasteiger partial charge in [0.2, 0.25) is 5.95 Å². The highest BCUT2D eigenvalue weighted by molar-refractivity contribution is 6.26. The molecule has 0 radical (unpaired) electrons. The van der Waals surface area contributed by atoms with E-state index in [1.54, 1.807) is 0 Å². The van der Waals surface area contributed by atoms with E-state index < -0.39 is 30.2 Å². The first-order chi connectivity index (χ1) is 27.4. The molecular formula is C45H27N5O. The summed E-state index contributed by atoms with van der Waals surface area (Å²) < 4.78 is 53.6. The second-order valence-corrected chi connectivity index (χ2v) is 12.5. The zero-order chi connectivity index (χ0) is 37.8. The molecule has 6 heteroatoms. The van der Waals surface area contributed by atoms with Crippen LogP contribution in [0.4, 0.5) is 0 Å². The summed E-state index contributed by atoms with van der Waals surface area (Å²) in [6.45, 7) is 0. The monoisotopic (exact) mass is 658 g/mol. The number of rotatable bonds is 4. The van der Waals surface area contributed by atoms with Gasteiger partial charge in [-0.3, -0.25) is 4.57 Å². The summed E-state index contributed by atoms with van der Waals surface area (Å²) in [5.41, 5.74) is 6.66. The number of fused-ring (bicyclic) bond motifs is 10. The molecule has 6 nitrogen and oxygen atoms in total. The molecule has 11 aromatic rings. The summed E-state index contributed by atoms with van der Waals surface area (Å²) in [7, 11) is 0. The van der Waals surface area contributed by atoms with Crippen LogP contribution in [0.15, 0.2) is 168 Å². The number of hydrogen-bond acceptors (Lipinski definition) is 4. The van der Waals surface area contributed by atoms with Gasteiger partial charge < -0.3 is 8.98 Å². The van der Waals surface area contributed by atoms with E-state index >= 15 is 0 Å². The molecule has 11 rings (SSSR count). The van der Waals surface area contributed by atoms with Crippen LogP contribution in [-0.4, -0.2) is 24.1 Å². The van der Waals surface area contributed by atoms with Crippen LogP contribution < -0.4 is 0 Å². The fourth-order valence-electron chi connectivity index (χ4n) is 7.59. The minimum Gasteiger partial charge on any atom is -0.456 e. The zero-order valence-electron chi connectivity index (χ0n) is 31.8. The highest BCUT2D eigenvalue weighted by atomic mass is 16.3. The molecule has 0 spiro atoms. The molecule has 0 bridgehead atoms. The molecule has 4 heterocycles. The van der Waals surface area contributed by atoms with E-state index in [-0.39, 0.29) is 23.2 Å². The Morgan fingerprint density at radius 3 is 2.00 bits per heavy atom. The van der Waals surface area contributed by atoms with Crippen molar-refractivity contribution in [2.45, 2.75) is 0 Å². The number of para-hydroxylation sites is 4. The van der Waals surface area contributed by atoms with Crippen LogP contribution in [0.3, 0.4) is 0 Å². The van der Waals surface area contributed by atoms with Crippen LogP contribution in [0.1, 0.15) is 6.85 Å². The average molecular weight is 659 g/mol. The van der Waals surface area contributed by atoms with E-state index in [1.807, 2.05) is 83.4 Å². The second-order valence-electron chi connectivity index (χ2n) is 12.5. The summed E-state index contributed by atoms with van der Waals surface area (Å²) >= 11 is 0. The van der Waals surface area contributed by atoms with Gasteiger partial charge >= 0.3 is 0 Å². The predicted octanol–water partition coefficient (Wildman–Crippen LogP) is 11.3. The molecule has 0 amide bonds. The predicted molar refractivity (Wildman–Crippen MR) is 207 cm³/mol. The third-order valence-corrected chi connectivity index (χ3v) is 9.67. The van der Waals surface area contributed by atoms with Crippen molar-refractivity contribution in [3.63, 3.8) is 0 Å². The van der Waals surface area contributed by atoms with Gasteiger partial charge in [0, 0.05) is 49.1 Å². The molecule has 0 unspecified atom stereocenters. The molecule has 0 saturated carbocycles. The quantitative estimate of drug-likeness (QED) is 0.189. The minimum absolute atomic E-state index is 0.0442. The van der Waals surface area contributed by atoms with Gasteiger partial charge in [0.25, 0.3) is 0 Å². The molecular weight excluding hydrogens is 627 g/mol. The summed E-state index contributed by atoms with van der Waals surface area (Å²) in [5, 5.41) is 5.85. The van der Waals surface area contributed by atoms with Gasteiger partial charge in [-0.15, -0.1) is 0 Å². The third-order valence-electron chi connectivity index (χ3n) is 9.67. The number of aromatic nitrogens is 5. The molecule has 4 aromatic heterocycles. The standard InChI is InChI=1S/C45H27N5O/c1-3-14-28(15-4-1)43-46-44(34-21-13-25-39-40(34)33-20-9-12-24-38(33)51-39)48-45(47-43)50-36-23-11-8-19-32(36)41-37(50)27-26-31-30-18-7-10-22-35(30)49(42(31)41)29-16-5-2-6-17-29/h1-27H/i1D,3D,4D,14D,15D.